The lowest BCUT2D eigenvalue weighted by Gasteiger charge is -2.50. The molecule has 0 radical (unpaired) electrons. The molecule has 2 aliphatic rings. The van der Waals surface area contributed by atoms with Crippen LogP contribution in [0.2, 0.25) is 0 Å². The summed E-state index contributed by atoms with van der Waals surface area (Å²) in [6, 6.07) is 8.68. The maximum Gasteiger partial charge on any atom is 0.317 e. The van der Waals surface area contributed by atoms with Gasteiger partial charge in [0.25, 0.3) is 0 Å². The Labute approximate surface area is 108 Å². The molecule has 2 aliphatic heterocycles. The van der Waals surface area contributed by atoms with E-state index in [-0.39, 0.29) is 11.6 Å². The predicted molar refractivity (Wildman–Crippen MR) is 70.3 cm³/mol. The molecular formula is C14H19N3O. The summed E-state index contributed by atoms with van der Waals surface area (Å²) >= 11 is 0. The zero-order valence-corrected chi connectivity index (χ0v) is 10.9. The van der Waals surface area contributed by atoms with Crippen molar-refractivity contribution in [1.29, 1.82) is 0 Å². The van der Waals surface area contributed by atoms with Crippen molar-refractivity contribution < 1.29 is 4.79 Å². The molecule has 0 unspecified atom stereocenters. The summed E-state index contributed by atoms with van der Waals surface area (Å²) in [6.07, 6.45) is 0. The van der Waals surface area contributed by atoms with Gasteiger partial charge in [-0.25, -0.2) is 4.79 Å². The molecule has 1 aromatic rings. The molecule has 1 aromatic carbocycles. The number of carbonyl (C=O) groups excluding carboxylic acids is 1. The van der Waals surface area contributed by atoms with Crippen LogP contribution >= 0.6 is 0 Å². The molecule has 0 bridgehead atoms. The highest BCUT2D eigenvalue weighted by Crippen LogP contribution is 2.30. The second-order valence-corrected chi connectivity index (χ2v) is 5.58. The molecular weight excluding hydrogens is 226 g/mol. The van der Waals surface area contributed by atoms with Crippen molar-refractivity contribution in [3.8, 4) is 0 Å². The molecule has 0 aromatic heterocycles. The molecule has 4 nitrogen and oxygen atoms in total. The normalized spacial score (nSPS) is 22.1. The summed E-state index contributed by atoms with van der Waals surface area (Å²) < 4.78 is 0. The molecule has 0 aliphatic carbocycles. The Hall–Kier alpha value is -1.55. The van der Waals surface area contributed by atoms with Gasteiger partial charge < -0.3 is 10.2 Å². The van der Waals surface area contributed by atoms with E-state index in [4.69, 9.17) is 0 Å². The number of amides is 2. The van der Waals surface area contributed by atoms with Crippen LogP contribution < -0.4 is 5.32 Å². The summed E-state index contributed by atoms with van der Waals surface area (Å²) in [7, 11) is 1.90. The Morgan fingerprint density at radius 3 is 2.78 bits per heavy atom. The van der Waals surface area contributed by atoms with Crippen molar-refractivity contribution in [2.45, 2.75) is 19.0 Å². The number of likely N-dealkylation sites (tertiary alicyclic amines) is 1. The zero-order valence-electron chi connectivity index (χ0n) is 10.9. The summed E-state index contributed by atoms with van der Waals surface area (Å²) in [6.45, 7) is 5.82. The van der Waals surface area contributed by atoms with Gasteiger partial charge in [-0.05, 0) is 12.5 Å². The van der Waals surface area contributed by atoms with E-state index >= 15 is 0 Å². The van der Waals surface area contributed by atoms with Gasteiger partial charge in [0.1, 0.15) is 0 Å². The molecule has 2 fully saturated rings. The fourth-order valence-corrected chi connectivity index (χ4v) is 2.98. The smallest absolute Gasteiger partial charge is 0.317 e. The maximum absolute atomic E-state index is 11.5. The minimum absolute atomic E-state index is 0.0426. The first-order chi connectivity index (χ1) is 8.59. The largest absolute Gasteiger partial charge is 0.336 e. The fraction of sp³-hybridized carbons (Fsp3) is 0.500. The number of likely N-dealkylation sites (N-methyl/N-ethyl adjacent to an activating group) is 1. The van der Waals surface area contributed by atoms with E-state index in [1.165, 1.54) is 11.1 Å². The van der Waals surface area contributed by atoms with Gasteiger partial charge in [-0.3, -0.25) is 4.90 Å². The lowest BCUT2D eigenvalue weighted by Crippen LogP contribution is -2.68. The van der Waals surface area contributed by atoms with Gasteiger partial charge in [0.05, 0.1) is 5.54 Å². The molecule has 2 saturated heterocycles. The van der Waals surface area contributed by atoms with Crippen molar-refractivity contribution >= 4 is 6.03 Å². The minimum Gasteiger partial charge on any atom is -0.336 e. The molecule has 4 heteroatoms. The highest BCUT2D eigenvalue weighted by Gasteiger charge is 2.51. The monoisotopic (exact) mass is 245 g/mol. The third-order valence-electron chi connectivity index (χ3n) is 4.11. The SMILES string of the molecule is Cc1cccc(CN2CC3(CNC(=O)N3C)C2)c1. The summed E-state index contributed by atoms with van der Waals surface area (Å²) in [5.41, 5.74) is 2.70. The Bertz CT molecular complexity index is 480. The van der Waals surface area contributed by atoms with E-state index in [0.717, 1.165) is 26.2 Å². The van der Waals surface area contributed by atoms with Gasteiger partial charge >= 0.3 is 6.03 Å². The number of hydrogen-bond acceptors (Lipinski definition) is 2. The summed E-state index contributed by atoms with van der Waals surface area (Å²) in [5, 5.41) is 2.92. The van der Waals surface area contributed by atoms with Crippen LogP contribution in [0.4, 0.5) is 4.79 Å². The molecule has 96 valence electrons. The highest BCUT2D eigenvalue weighted by atomic mass is 16.2. The molecule has 2 amide bonds. The maximum atomic E-state index is 11.5. The Balaban J connectivity index is 1.61. The first-order valence-electron chi connectivity index (χ1n) is 6.39. The van der Waals surface area contributed by atoms with Crippen molar-refractivity contribution in [3.05, 3.63) is 35.4 Å². The molecule has 0 saturated carbocycles. The van der Waals surface area contributed by atoms with Crippen LogP contribution in [0.25, 0.3) is 0 Å². The van der Waals surface area contributed by atoms with E-state index in [2.05, 4.69) is 41.4 Å². The lowest BCUT2D eigenvalue weighted by atomic mass is 9.89. The minimum atomic E-state index is 0.0426. The molecule has 1 spiro atoms. The second kappa shape index (κ2) is 3.99. The molecule has 1 N–H and O–H groups in total. The standard InChI is InChI=1S/C14H19N3O/c1-11-4-3-5-12(6-11)7-17-9-14(10-17)8-15-13(18)16(14)2/h3-6H,7-10H2,1-2H3,(H,15,18). The van der Waals surface area contributed by atoms with E-state index < -0.39 is 0 Å². The van der Waals surface area contributed by atoms with E-state index in [9.17, 15) is 4.79 Å². The van der Waals surface area contributed by atoms with Crippen LogP contribution in [-0.2, 0) is 6.54 Å². The van der Waals surface area contributed by atoms with Gasteiger partial charge in [0.15, 0.2) is 0 Å². The van der Waals surface area contributed by atoms with E-state index in [1.54, 1.807) is 0 Å². The third kappa shape index (κ3) is 1.77. The average molecular weight is 245 g/mol. The van der Waals surface area contributed by atoms with Crippen molar-refractivity contribution in [3.63, 3.8) is 0 Å². The average Bonchev–Trinajstić information content (AvgIpc) is 2.57. The van der Waals surface area contributed by atoms with Crippen LogP contribution in [0.5, 0.6) is 0 Å². The van der Waals surface area contributed by atoms with E-state index in [0.29, 0.717) is 0 Å². The van der Waals surface area contributed by atoms with Gasteiger partial charge in [0, 0.05) is 33.2 Å². The summed E-state index contributed by atoms with van der Waals surface area (Å²) in [5.74, 6) is 0. The van der Waals surface area contributed by atoms with Gasteiger partial charge in [-0.1, -0.05) is 29.8 Å². The number of benzene rings is 1. The van der Waals surface area contributed by atoms with Gasteiger partial charge in [-0.2, -0.15) is 0 Å². The van der Waals surface area contributed by atoms with Crippen LogP contribution in [0.15, 0.2) is 24.3 Å². The number of rotatable bonds is 2. The highest BCUT2D eigenvalue weighted by molar-refractivity contribution is 5.78. The Kier molecular flexibility index (Phi) is 2.55. The van der Waals surface area contributed by atoms with Crippen molar-refractivity contribution in [1.82, 2.24) is 15.1 Å². The number of aryl methyl sites for hydroxylation is 1. The van der Waals surface area contributed by atoms with Crippen LogP contribution in [0.3, 0.4) is 0 Å². The van der Waals surface area contributed by atoms with Crippen LogP contribution in [-0.4, -0.2) is 48.1 Å². The van der Waals surface area contributed by atoms with Crippen LogP contribution in [0, 0.1) is 6.92 Å². The number of nitrogens with zero attached hydrogens (tertiary/aromatic N) is 2. The molecule has 3 rings (SSSR count). The second-order valence-electron chi connectivity index (χ2n) is 5.58. The quantitative estimate of drug-likeness (QED) is 0.850. The number of urea groups is 1. The third-order valence-corrected chi connectivity index (χ3v) is 4.11. The van der Waals surface area contributed by atoms with Crippen LogP contribution in [0.1, 0.15) is 11.1 Å². The number of carbonyl (C=O) groups is 1. The Morgan fingerprint density at radius 2 is 2.17 bits per heavy atom. The lowest BCUT2D eigenvalue weighted by molar-refractivity contribution is -0.00106. The molecule has 18 heavy (non-hydrogen) atoms. The van der Waals surface area contributed by atoms with E-state index in [1.807, 2.05) is 11.9 Å². The first-order valence-corrected chi connectivity index (χ1v) is 6.39. The summed E-state index contributed by atoms with van der Waals surface area (Å²) in [4.78, 5) is 15.7. The fourth-order valence-electron chi connectivity index (χ4n) is 2.98. The van der Waals surface area contributed by atoms with Gasteiger partial charge in [-0.15, -0.1) is 0 Å². The zero-order chi connectivity index (χ0) is 12.8. The molecule has 2 heterocycles. The predicted octanol–water partition coefficient (Wildman–Crippen LogP) is 1.20. The van der Waals surface area contributed by atoms with Crippen molar-refractivity contribution in [2.24, 2.45) is 0 Å². The molecule has 0 atom stereocenters. The first kappa shape index (κ1) is 11.5. The number of hydrogen-bond donors (Lipinski definition) is 1. The topological polar surface area (TPSA) is 35.6 Å². The van der Waals surface area contributed by atoms with Crippen molar-refractivity contribution in [2.75, 3.05) is 26.7 Å². The Morgan fingerprint density at radius 1 is 1.39 bits per heavy atom. The number of nitrogens with one attached hydrogen (secondary N) is 1. The van der Waals surface area contributed by atoms with Gasteiger partial charge in [0.2, 0.25) is 0 Å².